The van der Waals surface area contributed by atoms with Crippen molar-refractivity contribution in [1.82, 2.24) is 29.6 Å². The summed E-state index contributed by atoms with van der Waals surface area (Å²) in [5, 5.41) is 23.5. The average Bonchev–Trinajstić information content (AvgIpc) is 3.58. The Kier molecular flexibility index (Phi) is 6.60. The van der Waals surface area contributed by atoms with Gasteiger partial charge in [0.1, 0.15) is 0 Å². The van der Waals surface area contributed by atoms with E-state index in [9.17, 15) is 10.1 Å². The van der Waals surface area contributed by atoms with Crippen molar-refractivity contribution in [3.63, 3.8) is 0 Å². The van der Waals surface area contributed by atoms with E-state index in [4.69, 9.17) is 5.41 Å². The smallest absolute Gasteiger partial charge is 0.227 e. The van der Waals surface area contributed by atoms with Gasteiger partial charge in [0, 0.05) is 55.5 Å². The third-order valence-electron chi connectivity index (χ3n) is 6.92. The average molecular weight is 494 g/mol. The van der Waals surface area contributed by atoms with Crippen LogP contribution in [0.2, 0.25) is 0 Å². The first-order valence-electron chi connectivity index (χ1n) is 12.1. The maximum Gasteiger partial charge on any atom is 0.227 e. The van der Waals surface area contributed by atoms with Crippen LogP contribution in [0.5, 0.6) is 0 Å². The predicted molar refractivity (Wildman–Crippen MR) is 140 cm³/mol. The van der Waals surface area contributed by atoms with Crippen LogP contribution in [-0.2, 0) is 16.8 Å². The van der Waals surface area contributed by atoms with Gasteiger partial charge >= 0.3 is 0 Å². The van der Waals surface area contributed by atoms with Crippen molar-refractivity contribution >= 4 is 34.7 Å². The molecule has 0 aliphatic carbocycles. The topological polar surface area (TPSA) is 140 Å². The molecule has 1 aromatic carbocycles. The lowest BCUT2D eigenvalue weighted by Crippen LogP contribution is -2.47. The van der Waals surface area contributed by atoms with Crippen molar-refractivity contribution in [1.29, 1.82) is 10.7 Å². The molecule has 2 N–H and O–H groups in total. The van der Waals surface area contributed by atoms with Crippen LogP contribution in [0.25, 0.3) is 10.9 Å². The number of hydrogen-bond acceptors (Lipinski definition) is 7. The van der Waals surface area contributed by atoms with Gasteiger partial charge in [-0.2, -0.15) is 10.4 Å². The molecular formula is C27H27N9O. The lowest BCUT2D eigenvalue weighted by molar-refractivity contribution is -0.131. The zero-order valence-electron chi connectivity index (χ0n) is 20.6. The predicted octanol–water partition coefficient (Wildman–Crippen LogP) is 3.77. The summed E-state index contributed by atoms with van der Waals surface area (Å²) in [5.41, 5.74) is 3.34. The van der Waals surface area contributed by atoms with Crippen molar-refractivity contribution < 1.29 is 4.79 Å². The van der Waals surface area contributed by atoms with Crippen LogP contribution in [0.1, 0.15) is 43.0 Å². The number of carbonyl (C=O) groups is 1. The largest absolute Gasteiger partial charge is 0.343 e. The molecule has 1 amide bonds. The zero-order chi connectivity index (χ0) is 25.8. The molecule has 1 aliphatic rings. The number of aromatic nitrogens is 5. The van der Waals surface area contributed by atoms with Crippen molar-refractivity contribution in [2.45, 2.75) is 38.1 Å². The number of piperidine rings is 1. The molecule has 37 heavy (non-hydrogen) atoms. The Hall–Kier alpha value is -4.65. The first-order valence-corrected chi connectivity index (χ1v) is 12.1. The SMILES string of the molecule is CC(=O)N1CCC(CC#N)(n2cc(C(=N)/C=N\c3ncc(Cc4ccc5ncccc5c4)[nH]3)cn2)CC1. The van der Waals surface area contributed by atoms with Crippen LogP contribution >= 0.6 is 0 Å². The van der Waals surface area contributed by atoms with Crippen molar-refractivity contribution in [3.8, 4) is 6.07 Å². The minimum absolute atomic E-state index is 0.0420. The van der Waals surface area contributed by atoms with E-state index in [0.717, 1.165) is 22.2 Å². The number of aliphatic imine (C=N–C) groups is 1. The molecular weight excluding hydrogens is 466 g/mol. The fraction of sp³-hybridized carbons (Fsp3) is 0.296. The second kappa shape index (κ2) is 10.1. The van der Waals surface area contributed by atoms with E-state index in [1.165, 1.54) is 6.21 Å². The molecule has 10 nitrogen and oxygen atoms in total. The van der Waals surface area contributed by atoms with Gasteiger partial charge in [-0.25, -0.2) is 9.98 Å². The summed E-state index contributed by atoms with van der Waals surface area (Å²) in [4.78, 5) is 29.7. The van der Waals surface area contributed by atoms with E-state index < -0.39 is 5.54 Å². The minimum atomic E-state index is -0.481. The van der Waals surface area contributed by atoms with Crippen molar-refractivity contribution in [2.75, 3.05) is 13.1 Å². The molecule has 0 spiro atoms. The summed E-state index contributed by atoms with van der Waals surface area (Å²) >= 11 is 0. The van der Waals surface area contributed by atoms with Gasteiger partial charge in [0.15, 0.2) is 0 Å². The molecule has 4 aromatic rings. The number of aromatic amines is 1. The molecule has 3 aromatic heterocycles. The molecule has 0 radical (unpaired) electrons. The van der Waals surface area contributed by atoms with E-state index in [-0.39, 0.29) is 11.6 Å². The van der Waals surface area contributed by atoms with Gasteiger partial charge in [-0.05, 0) is 36.6 Å². The Bertz CT molecular complexity index is 1520. The lowest BCUT2D eigenvalue weighted by atomic mass is 9.85. The summed E-state index contributed by atoms with van der Waals surface area (Å²) in [6.45, 7) is 2.73. The Labute approximate surface area is 214 Å². The number of nitrogens with zero attached hydrogens (tertiary/aromatic N) is 7. The highest BCUT2D eigenvalue weighted by Crippen LogP contribution is 2.33. The molecule has 0 saturated carbocycles. The maximum absolute atomic E-state index is 11.7. The first-order chi connectivity index (χ1) is 18.0. The Morgan fingerprint density at radius 2 is 2.11 bits per heavy atom. The number of imidazole rings is 1. The number of benzene rings is 1. The van der Waals surface area contributed by atoms with Gasteiger partial charge in [0.2, 0.25) is 11.9 Å². The van der Waals surface area contributed by atoms with E-state index in [1.54, 1.807) is 41.3 Å². The quantitative estimate of drug-likeness (QED) is 0.377. The number of hydrogen-bond donors (Lipinski definition) is 2. The van der Waals surface area contributed by atoms with E-state index >= 15 is 0 Å². The first kappa shape index (κ1) is 24.1. The summed E-state index contributed by atoms with van der Waals surface area (Å²) in [5.74, 6) is 0.465. The van der Waals surface area contributed by atoms with Gasteiger partial charge in [0.05, 0.1) is 47.9 Å². The molecule has 10 heteroatoms. The standard InChI is InChI=1S/C27H27N9O/c1-19(37)35-11-7-27(6-9-28,8-12-35)36-18-22(15-33-36)24(29)17-32-26-31-16-23(34-26)14-20-4-5-25-21(13-20)3-2-10-30-25/h2-5,10,13,15-18,29H,6-8,11-12,14H2,1H3,(H,31,34)/b29-24?,32-17-. The number of likely N-dealkylation sites (tertiary alicyclic amines) is 1. The second-order valence-corrected chi connectivity index (χ2v) is 9.35. The van der Waals surface area contributed by atoms with Gasteiger partial charge < -0.3 is 9.88 Å². The molecule has 0 bridgehead atoms. The van der Waals surface area contributed by atoms with Crippen LogP contribution in [0.4, 0.5) is 5.95 Å². The second-order valence-electron chi connectivity index (χ2n) is 9.35. The summed E-state index contributed by atoms with van der Waals surface area (Å²) in [6.07, 6.45) is 10.7. The van der Waals surface area contributed by atoms with Crippen LogP contribution in [0, 0.1) is 16.7 Å². The fourth-order valence-electron chi connectivity index (χ4n) is 4.75. The van der Waals surface area contributed by atoms with Gasteiger partial charge in [-0.15, -0.1) is 0 Å². The Morgan fingerprint density at radius 1 is 1.27 bits per heavy atom. The number of nitrogens with one attached hydrogen (secondary N) is 2. The minimum Gasteiger partial charge on any atom is -0.343 e. The van der Waals surface area contributed by atoms with Crippen LogP contribution in [-0.4, -0.2) is 60.6 Å². The number of H-pyrrole nitrogens is 1. The third-order valence-corrected chi connectivity index (χ3v) is 6.92. The molecule has 1 aliphatic heterocycles. The summed E-state index contributed by atoms with van der Waals surface area (Å²) in [7, 11) is 0. The summed E-state index contributed by atoms with van der Waals surface area (Å²) < 4.78 is 1.79. The van der Waals surface area contributed by atoms with Gasteiger partial charge in [-0.1, -0.05) is 12.1 Å². The highest BCUT2D eigenvalue weighted by molar-refractivity contribution is 6.36. The number of nitriles is 1. The highest BCUT2D eigenvalue weighted by Gasteiger charge is 2.37. The molecule has 186 valence electrons. The molecule has 5 rings (SSSR count). The van der Waals surface area contributed by atoms with E-state index in [0.29, 0.717) is 50.3 Å². The number of rotatable bonds is 7. The number of amides is 1. The zero-order valence-corrected chi connectivity index (χ0v) is 20.6. The van der Waals surface area contributed by atoms with Crippen LogP contribution in [0.15, 0.2) is 60.1 Å². The molecule has 0 unspecified atom stereocenters. The van der Waals surface area contributed by atoms with E-state index in [2.05, 4.69) is 43.2 Å². The van der Waals surface area contributed by atoms with E-state index in [1.807, 2.05) is 18.2 Å². The molecule has 1 saturated heterocycles. The van der Waals surface area contributed by atoms with Gasteiger partial charge in [-0.3, -0.25) is 19.9 Å². The van der Waals surface area contributed by atoms with Crippen LogP contribution in [0.3, 0.4) is 0 Å². The normalized spacial score (nSPS) is 15.2. The number of pyridine rings is 1. The Balaban J connectivity index is 1.25. The molecule has 4 heterocycles. The van der Waals surface area contributed by atoms with Crippen molar-refractivity contribution in [2.24, 2.45) is 4.99 Å². The van der Waals surface area contributed by atoms with Crippen molar-refractivity contribution in [3.05, 3.63) is 71.9 Å². The summed E-state index contributed by atoms with van der Waals surface area (Å²) in [6, 6.07) is 12.4. The van der Waals surface area contributed by atoms with Crippen LogP contribution < -0.4 is 0 Å². The highest BCUT2D eigenvalue weighted by atomic mass is 16.2. The van der Waals surface area contributed by atoms with Gasteiger partial charge in [0.25, 0.3) is 0 Å². The molecule has 0 atom stereocenters. The monoisotopic (exact) mass is 493 g/mol. The number of carbonyl (C=O) groups excluding carboxylic acids is 1. The lowest BCUT2D eigenvalue weighted by Gasteiger charge is -2.40. The number of fused-ring (bicyclic) bond motifs is 1. The molecule has 1 fully saturated rings. The maximum atomic E-state index is 11.7. The Morgan fingerprint density at radius 3 is 2.89 bits per heavy atom. The fourth-order valence-corrected chi connectivity index (χ4v) is 4.75. The third kappa shape index (κ3) is 5.16.